The second-order valence-corrected chi connectivity index (χ2v) is 5.29. The van der Waals surface area contributed by atoms with E-state index in [1.54, 1.807) is 28.7 Å². The second kappa shape index (κ2) is 5.94. The van der Waals surface area contributed by atoms with Crippen LogP contribution < -0.4 is 10.9 Å². The van der Waals surface area contributed by atoms with E-state index in [9.17, 15) is 4.79 Å². The van der Waals surface area contributed by atoms with Gasteiger partial charge in [0.05, 0.1) is 0 Å². The van der Waals surface area contributed by atoms with Crippen LogP contribution in [0.1, 0.15) is 26.8 Å². The molecule has 0 bridgehead atoms. The minimum Gasteiger partial charge on any atom is -0.364 e. The number of hydrogen-bond acceptors (Lipinski definition) is 4. The Balaban J connectivity index is 2.82. The van der Waals surface area contributed by atoms with E-state index < -0.39 is 0 Å². The third-order valence-corrected chi connectivity index (χ3v) is 3.36. The Morgan fingerprint density at radius 2 is 2.19 bits per heavy atom. The largest absolute Gasteiger partial charge is 0.364 e. The van der Waals surface area contributed by atoms with Gasteiger partial charge in [0.15, 0.2) is 5.82 Å². The standard InChI is InChI=1S/C11H19N3OS/c1-8(2)14-6-5-12-10(11(14)15)13-7-9(3)16-4/h5-6,8-9H,7H2,1-4H3,(H,12,13). The number of aromatic nitrogens is 2. The van der Waals surface area contributed by atoms with E-state index in [1.807, 2.05) is 13.8 Å². The van der Waals surface area contributed by atoms with E-state index in [4.69, 9.17) is 0 Å². The van der Waals surface area contributed by atoms with Crippen molar-refractivity contribution in [2.75, 3.05) is 18.1 Å². The maximum atomic E-state index is 11.9. The van der Waals surface area contributed by atoms with Gasteiger partial charge < -0.3 is 9.88 Å². The zero-order chi connectivity index (χ0) is 12.1. The molecule has 0 radical (unpaired) electrons. The van der Waals surface area contributed by atoms with Crippen LogP contribution in [-0.2, 0) is 0 Å². The summed E-state index contributed by atoms with van der Waals surface area (Å²) in [5, 5.41) is 3.56. The second-order valence-electron chi connectivity index (χ2n) is 4.01. The lowest BCUT2D eigenvalue weighted by molar-refractivity contribution is 0.575. The lowest BCUT2D eigenvalue weighted by Crippen LogP contribution is -2.27. The molecule has 1 atom stereocenters. The number of nitrogens with one attached hydrogen (secondary N) is 1. The highest BCUT2D eigenvalue weighted by atomic mass is 32.2. The van der Waals surface area contributed by atoms with Gasteiger partial charge in [-0.3, -0.25) is 4.79 Å². The fourth-order valence-electron chi connectivity index (χ4n) is 1.28. The van der Waals surface area contributed by atoms with Crippen LogP contribution in [0.4, 0.5) is 5.82 Å². The molecule has 4 nitrogen and oxygen atoms in total. The van der Waals surface area contributed by atoms with Gasteiger partial charge in [-0.2, -0.15) is 11.8 Å². The van der Waals surface area contributed by atoms with Crippen molar-refractivity contribution in [3.05, 3.63) is 22.7 Å². The van der Waals surface area contributed by atoms with Crippen molar-refractivity contribution < 1.29 is 0 Å². The molecule has 0 aliphatic heterocycles. The molecule has 1 rings (SSSR count). The molecular formula is C11H19N3OS. The van der Waals surface area contributed by atoms with Gasteiger partial charge >= 0.3 is 0 Å². The molecule has 1 aromatic heterocycles. The smallest absolute Gasteiger partial charge is 0.293 e. The third kappa shape index (κ3) is 3.27. The number of rotatable bonds is 5. The van der Waals surface area contributed by atoms with E-state index in [-0.39, 0.29) is 11.6 Å². The van der Waals surface area contributed by atoms with Gasteiger partial charge in [-0.05, 0) is 20.1 Å². The molecule has 1 N–H and O–H groups in total. The SMILES string of the molecule is CSC(C)CNc1nccn(C(C)C)c1=O. The molecule has 0 saturated carbocycles. The first-order valence-corrected chi connectivity index (χ1v) is 6.68. The molecule has 0 aromatic carbocycles. The van der Waals surface area contributed by atoms with Gasteiger partial charge in [0.25, 0.3) is 5.56 Å². The maximum absolute atomic E-state index is 11.9. The Hall–Kier alpha value is -0.970. The summed E-state index contributed by atoms with van der Waals surface area (Å²) in [6, 6.07) is 0.161. The quantitative estimate of drug-likeness (QED) is 0.856. The van der Waals surface area contributed by atoms with Crippen LogP contribution in [0.25, 0.3) is 0 Å². The summed E-state index contributed by atoms with van der Waals surface area (Å²) in [6.07, 6.45) is 5.43. The van der Waals surface area contributed by atoms with Crippen LogP contribution in [0.2, 0.25) is 0 Å². The first-order valence-electron chi connectivity index (χ1n) is 5.40. The number of nitrogens with zero attached hydrogens (tertiary/aromatic N) is 2. The Bertz CT molecular complexity index is 389. The molecule has 16 heavy (non-hydrogen) atoms. The lowest BCUT2D eigenvalue weighted by Gasteiger charge is -2.13. The van der Waals surface area contributed by atoms with E-state index in [0.717, 1.165) is 6.54 Å². The zero-order valence-corrected chi connectivity index (χ0v) is 11.0. The van der Waals surface area contributed by atoms with E-state index in [1.165, 1.54) is 0 Å². The van der Waals surface area contributed by atoms with Crippen LogP contribution in [-0.4, -0.2) is 27.6 Å². The summed E-state index contributed by atoms with van der Waals surface area (Å²) >= 11 is 1.76. The van der Waals surface area contributed by atoms with Crippen molar-refractivity contribution in [2.24, 2.45) is 0 Å². The van der Waals surface area contributed by atoms with Gasteiger partial charge in [-0.1, -0.05) is 6.92 Å². The molecule has 0 aliphatic rings. The molecule has 0 saturated heterocycles. The summed E-state index contributed by atoms with van der Waals surface area (Å²) in [5.41, 5.74) is -0.0502. The average molecular weight is 241 g/mol. The Labute approximate surface area is 100 Å². The highest BCUT2D eigenvalue weighted by Crippen LogP contribution is 2.06. The highest BCUT2D eigenvalue weighted by Gasteiger charge is 2.07. The average Bonchev–Trinajstić information content (AvgIpc) is 2.26. The lowest BCUT2D eigenvalue weighted by atomic mass is 10.4. The van der Waals surface area contributed by atoms with Gasteiger partial charge in [0.1, 0.15) is 0 Å². The predicted molar refractivity (Wildman–Crippen MR) is 70.3 cm³/mol. The van der Waals surface area contributed by atoms with Crippen molar-refractivity contribution in [1.82, 2.24) is 9.55 Å². The minimum absolute atomic E-state index is 0.0502. The first-order chi connectivity index (χ1) is 7.56. The van der Waals surface area contributed by atoms with E-state index in [2.05, 4.69) is 23.5 Å². The normalized spacial score (nSPS) is 12.8. The summed E-state index contributed by atoms with van der Waals surface area (Å²) in [4.78, 5) is 16.0. The Kier molecular flexibility index (Phi) is 4.86. The van der Waals surface area contributed by atoms with Crippen LogP contribution in [0.3, 0.4) is 0 Å². The van der Waals surface area contributed by atoms with Crippen LogP contribution in [0.5, 0.6) is 0 Å². The fraction of sp³-hybridized carbons (Fsp3) is 0.636. The fourth-order valence-corrected chi connectivity index (χ4v) is 1.53. The third-order valence-electron chi connectivity index (χ3n) is 2.38. The van der Waals surface area contributed by atoms with Crippen molar-refractivity contribution >= 4 is 17.6 Å². The number of anilines is 1. The van der Waals surface area contributed by atoms with Crippen molar-refractivity contribution in [3.8, 4) is 0 Å². The molecule has 0 amide bonds. The number of hydrogen-bond donors (Lipinski definition) is 1. The van der Waals surface area contributed by atoms with Gasteiger partial charge in [-0.15, -0.1) is 0 Å². The van der Waals surface area contributed by atoms with Crippen LogP contribution in [0, 0.1) is 0 Å². The minimum atomic E-state index is -0.0502. The molecule has 0 aliphatic carbocycles. The van der Waals surface area contributed by atoms with Crippen LogP contribution in [0.15, 0.2) is 17.2 Å². The predicted octanol–water partition coefficient (Wildman–Crippen LogP) is 1.99. The van der Waals surface area contributed by atoms with Crippen molar-refractivity contribution in [2.45, 2.75) is 32.1 Å². The summed E-state index contributed by atoms with van der Waals surface area (Å²) in [5.74, 6) is 0.442. The van der Waals surface area contributed by atoms with Crippen LogP contribution >= 0.6 is 11.8 Å². The van der Waals surface area contributed by atoms with Gasteiger partial charge in [-0.25, -0.2) is 4.98 Å². The molecule has 0 spiro atoms. The van der Waals surface area contributed by atoms with Crippen molar-refractivity contribution in [3.63, 3.8) is 0 Å². The molecule has 1 heterocycles. The van der Waals surface area contributed by atoms with E-state index >= 15 is 0 Å². The Morgan fingerprint density at radius 1 is 1.50 bits per heavy atom. The molecule has 1 aromatic rings. The highest BCUT2D eigenvalue weighted by molar-refractivity contribution is 7.99. The monoisotopic (exact) mass is 241 g/mol. The van der Waals surface area contributed by atoms with E-state index in [0.29, 0.717) is 11.1 Å². The summed E-state index contributed by atoms with van der Waals surface area (Å²) in [6.45, 7) is 6.83. The molecule has 5 heteroatoms. The molecule has 1 unspecified atom stereocenters. The molecule has 0 fully saturated rings. The van der Waals surface area contributed by atoms with Gasteiger partial charge in [0.2, 0.25) is 0 Å². The van der Waals surface area contributed by atoms with Gasteiger partial charge in [0, 0.05) is 30.2 Å². The summed E-state index contributed by atoms with van der Waals surface area (Å²) < 4.78 is 1.68. The summed E-state index contributed by atoms with van der Waals surface area (Å²) in [7, 11) is 0. The number of thioether (sulfide) groups is 1. The zero-order valence-electron chi connectivity index (χ0n) is 10.2. The van der Waals surface area contributed by atoms with Crippen molar-refractivity contribution in [1.29, 1.82) is 0 Å². The maximum Gasteiger partial charge on any atom is 0.293 e. The molecule has 90 valence electrons. The molecular weight excluding hydrogens is 222 g/mol. The first kappa shape index (κ1) is 13.1. The Morgan fingerprint density at radius 3 is 2.75 bits per heavy atom. The topological polar surface area (TPSA) is 46.9 Å².